The van der Waals surface area contributed by atoms with Gasteiger partial charge in [0.15, 0.2) is 5.78 Å². The second-order valence-electron chi connectivity index (χ2n) is 2.82. The maximum atomic E-state index is 11.2. The maximum Gasteiger partial charge on any atom is 0.288 e. The minimum atomic E-state index is -0.342. The molecule has 0 unspecified atom stereocenters. The number of carbonyl (C=O) groups is 3. The highest BCUT2D eigenvalue weighted by atomic mass is 32.2. The zero-order valence-corrected chi connectivity index (χ0v) is 8.63. The second kappa shape index (κ2) is 5.11. The van der Waals surface area contributed by atoms with Crippen LogP contribution in [0.25, 0.3) is 0 Å². The maximum absolute atomic E-state index is 11.2. The van der Waals surface area contributed by atoms with Crippen molar-refractivity contribution in [2.45, 2.75) is 6.42 Å². The third-order valence-electron chi connectivity index (χ3n) is 1.70. The normalized spacial score (nSPS) is 17.4. The lowest BCUT2D eigenvalue weighted by atomic mass is 10.3. The van der Waals surface area contributed by atoms with Gasteiger partial charge in [-0.2, -0.15) is 0 Å². The number of methoxy groups -OCH3 is 1. The van der Waals surface area contributed by atoms with Crippen LogP contribution in [-0.2, 0) is 14.3 Å². The van der Waals surface area contributed by atoms with Crippen molar-refractivity contribution >= 4 is 28.7 Å². The van der Waals surface area contributed by atoms with E-state index < -0.39 is 0 Å². The van der Waals surface area contributed by atoms with Crippen LogP contribution in [0.4, 0.5) is 4.79 Å². The highest BCUT2D eigenvalue weighted by Gasteiger charge is 2.28. The van der Waals surface area contributed by atoms with Gasteiger partial charge in [0, 0.05) is 19.3 Å². The number of ketones is 1. The highest BCUT2D eigenvalue weighted by Crippen LogP contribution is 2.17. The van der Waals surface area contributed by atoms with E-state index in [-0.39, 0.29) is 30.1 Å². The number of imide groups is 1. The number of amides is 2. The summed E-state index contributed by atoms with van der Waals surface area (Å²) in [5.74, 6) is -0.0398. The van der Waals surface area contributed by atoms with Gasteiger partial charge in [-0.3, -0.25) is 19.3 Å². The average molecular weight is 217 g/mol. The van der Waals surface area contributed by atoms with Gasteiger partial charge in [0.1, 0.15) is 6.61 Å². The molecular formula is C8H11NO4S. The lowest BCUT2D eigenvalue weighted by Crippen LogP contribution is -2.42. The standard InChI is InChI=1S/C8H11NO4S/c1-13-5-6(10)4-9-7(11)2-3-14-8(9)12/h2-5H2,1H3. The average Bonchev–Trinajstić information content (AvgIpc) is 2.12. The summed E-state index contributed by atoms with van der Waals surface area (Å²) in [4.78, 5) is 34.6. The summed E-state index contributed by atoms with van der Waals surface area (Å²) in [6, 6.07) is 0. The van der Waals surface area contributed by atoms with Gasteiger partial charge in [-0.25, -0.2) is 0 Å². The van der Waals surface area contributed by atoms with Crippen molar-refractivity contribution in [1.29, 1.82) is 0 Å². The SMILES string of the molecule is COCC(=O)CN1C(=O)CCSC1=O. The Morgan fingerprint density at radius 2 is 2.29 bits per heavy atom. The molecule has 0 aromatic carbocycles. The van der Waals surface area contributed by atoms with Crippen LogP contribution in [0.2, 0.25) is 0 Å². The number of thioether (sulfide) groups is 1. The monoisotopic (exact) mass is 217 g/mol. The van der Waals surface area contributed by atoms with Crippen LogP contribution in [0.5, 0.6) is 0 Å². The molecule has 5 nitrogen and oxygen atoms in total. The predicted molar refractivity (Wildman–Crippen MR) is 51.1 cm³/mol. The first-order valence-electron chi connectivity index (χ1n) is 4.13. The van der Waals surface area contributed by atoms with E-state index in [0.717, 1.165) is 16.7 Å². The Balaban J connectivity index is 2.52. The van der Waals surface area contributed by atoms with Gasteiger partial charge < -0.3 is 4.74 Å². The largest absolute Gasteiger partial charge is 0.377 e. The predicted octanol–water partition coefficient (Wildman–Crippen LogP) is 0.287. The van der Waals surface area contributed by atoms with Gasteiger partial charge in [-0.15, -0.1) is 0 Å². The Morgan fingerprint density at radius 1 is 1.57 bits per heavy atom. The number of rotatable bonds is 4. The Hall–Kier alpha value is -0.880. The van der Waals surface area contributed by atoms with Crippen molar-refractivity contribution in [3.8, 4) is 0 Å². The molecule has 1 aliphatic heterocycles. The van der Waals surface area contributed by atoms with Gasteiger partial charge in [-0.1, -0.05) is 11.8 Å². The van der Waals surface area contributed by atoms with E-state index in [1.165, 1.54) is 7.11 Å². The molecule has 1 heterocycles. The summed E-state index contributed by atoms with van der Waals surface area (Å²) in [5, 5.41) is -0.342. The highest BCUT2D eigenvalue weighted by molar-refractivity contribution is 8.13. The molecule has 0 saturated carbocycles. The van der Waals surface area contributed by atoms with Gasteiger partial charge in [0.2, 0.25) is 5.91 Å². The Morgan fingerprint density at radius 3 is 2.86 bits per heavy atom. The number of Topliss-reactive ketones (excluding diaryl/α,β-unsaturated/α-hetero) is 1. The Kier molecular flexibility index (Phi) is 4.09. The first kappa shape index (κ1) is 11.2. The molecule has 6 heteroatoms. The molecule has 0 aromatic heterocycles. The van der Waals surface area contributed by atoms with Gasteiger partial charge in [0.05, 0.1) is 6.54 Å². The van der Waals surface area contributed by atoms with E-state index in [2.05, 4.69) is 4.74 Å². The molecule has 1 aliphatic rings. The summed E-state index contributed by atoms with van der Waals surface area (Å²) in [7, 11) is 1.40. The molecule has 1 saturated heterocycles. The van der Waals surface area contributed by atoms with E-state index in [0.29, 0.717) is 12.2 Å². The van der Waals surface area contributed by atoms with Crippen LogP contribution in [0.1, 0.15) is 6.42 Å². The lowest BCUT2D eigenvalue weighted by Gasteiger charge is -2.22. The van der Waals surface area contributed by atoms with E-state index >= 15 is 0 Å². The summed E-state index contributed by atoms with van der Waals surface area (Å²) in [5.41, 5.74) is 0. The molecule has 2 amide bonds. The third kappa shape index (κ3) is 2.81. The van der Waals surface area contributed by atoms with E-state index in [4.69, 9.17) is 0 Å². The second-order valence-corrected chi connectivity index (χ2v) is 3.86. The molecule has 0 aromatic rings. The minimum absolute atomic E-state index is 0.0677. The lowest BCUT2D eigenvalue weighted by molar-refractivity contribution is -0.133. The van der Waals surface area contributed by atoms with Crippen LogP contribution in [0, 0.1) is 0 Å². The Labute approximate surface area is 85.8 Å². The van der Waals surface area contributed by atoms with Crippen molar-refractivity contribution in [2.24, 2.45) is 0 Å². The fraction of sp³-hybridized carbons (Fsp3) is 0.625. The van der Waals surface area contributed by atoms with E-state index in [9.17, 15) is 14.4 Å². The molecule has 0 N–H and O–H groups in total. The van der Waals surface area contributed by atoms with Gasteiger partial charge >= 0.3 is 0 Å². The van der Waals surface area contributed by atoms with E-state index in [1.54, 1.807) is 0 Å². The number of carbonyl (C=O) groups excluding carboxylic acids is 3. The molecule has 1 fully saturated rings. The fourth-order valence-electron chi connectivity index (χ4n) is 1.08. The summed E-state index contributed by atoms with van der Waals surface area (Å²) in [6.45, 7) is -0.236. The number of ether oxygens (including phenoxy) is 1. The van der Waals surface area contributed by atoms with E-state index in [1.807, 2.05) is 0 Å². The molecule has 14 heavy (non-hydrogen) atoms. The fourth-order valence-corrected chi connectivity index (χ4v) is 1.85. The molecule has 0 atom stereocenters. The van der Waals surface area contributed by atoms with Crippen molar-refractivity contribution in [2.75, 3.05) is 26.0 Å². The summed E-state index contributed by atoms with van der Waals surface area (Å²) in [6.07, 6.45) is 0.316. The molecule has 0 aliphatic carbocycles. The first-order chi connectivity index (χ1) is 6.65. The topological polar surface area (TPSA) is 63.7 Å². The molecule has 0 radical (unpaired) electrons. The molecule has 78 valence electrons. The van der Waals surface area contributed by atoms with Crippen molar-refractivity contribution < 1.29 is 19.1 Å². The zero-order chi connectivity index (χ0) is 10.6. The quantitative estimate of drug-likeness (QED) is 0.677. The smallest absolute Gasteiger partial charge is 0.288 e. The summed E-state index contributed by atoms with van der Waals surface area (Å²) < 4.78 is 4.61. The van der Waals surface area contributed by atoms with Crippen LogP contribution in [0.15, 0.2) is 0 Å². The minimum Gasteiger partial charge on any atom is -0.377 e. The number of nitrogens with zero attached hydrogens (tertiary/aromatic N) is 1. The number of hydrogen-bond acceptors (Lipinski definition) is 5. The van der Waals surface area contributed by atoms with Crippen LogP contribution < -0.4 is 0 Å². The first-order valence-corrected chi connectivity index (χ1v) is 5.11. The van der Waals surface area contributed by atoms with Gasteiger partial charge in [-0.05, 0) is 0 Å². The van der Waals surface area contributed by atoms with Crippen LogP contribution in [-0.4, -0.2) is 47.8 Å². The number of hydrogen-bond donors (Lipinski definition) is 0. The molecule has 0 bridgehead atoms. The molecule has 0 spiro atoms. The molecule has 1 rings (SSSR count). The summed E-state index contributed by atoms with van der Waals surface area (Å²) >= 11 is 1.06. The van der Waals surface area contributed by atoms with Crippen molar-refractivity contribution in [1.82, 2.24) is 4.90 Å². The Bertz CT molecular complexity index is 250. The van der Waals surface area contributed by atoms with Crippen LogP contribution in [0.3, 0.4) is 0 Å². The van der Waals surface area contributed by atoms with Crippen molar-refractivity contribution in [3.63, 3.8) is 0 Å². The van der Waals surface area contributed by atoms with Crippen molar-refractivity contribution in [3.05, 3.63) is 0 Å². The molecular weight excluding hydrogens is 206 g/mol. The van der Waals surface area contributed by atoms with Crippen LogP contribution >= 0.6 is 11.8 Å². The zero-order valence-electron chi connectivity index (χ0n) is 7.82. The third-order valence-corrected chi connectivity index (χ3v) is 2.58. The van der Waals surface area contributed by atoms with Gasteiger partial charge in [0.25, 0.3) is 5.24 Å².